The van der Waals surface area contributed by atoms with Crippen LogP contribution < -0.4 is 4.90 Å². The lowest BCUT2D eigenvalue weighted by molar-refractivity contribution is 0.406. The van der Waals surface area contributed by atoms with Gasteiger partial charge < -0.3 is 9.47 Å². The van der Waals surface area contributed by atoms with Crippen LogP contribution in [0.3, 0.4) is 0 Å². The molecular formula is C52H44N2. The quantitative estimate of drug-likeness (QED) is 0.168. The zero-order valence-corrected chi connectivity index (χ0v) is 31.2. The molecule has 2 nitrogen and oxygen atoms in total. The fourth-order valence-corrected chi connectivity index (χ4v) is 9.64. The molecule has 0 N–H and O–H groups in total. The molecule has 6 aromatic carbocycles. The fourth-order valence-electron chi connectivity index (χ4n) is 9.64. The summed E-state index contributed by atoms with van der Waals surface area (Å²) in [5.41, 5.74) is 18.5. The van der Waals surface area contributed by atoms with E-state index in [1.165, 1.54) is 83.9 Å². The second kappa shape index (κ2) is 12.8. The number of rotatable bonds is 6. The minimum atomic E-state index is 0.0568. The van der Waals surface area contributed by atoms with E-state index >= 15 is 0 Å². The Morgan fingerprint density at radius 2 is 1.20 bits per heavy atom. The van der Waals surface area contributed by atoms with E-state index in [4.69, 9.17) is 0 Å². The zero-order chi connectivity index (χ0) is 36.4. The molecule has 0 saturated carbocycles. The second-order valence-electron chi connectivity index (χ2n) is 15.9. The lowest BCUT2D eigenvalue weighted by Crippen LogP contribution is -2.28. The molecule has 7 aromatic rings. The Morgan fingerprint density at radius 1 is 0.593 bits per heavy atom. The maximum absolute atomic E-state index is 2.49. The Hall–Kier alpha value is -6.12. The Bertz CT molecular complexity index is 2620. The van der Waals surface area contributed by atoms with Crippen molar-refractivity contribution in [3.05, 3.63) is 204 Å². The summed E-state index contributed by atoms with van der Waals surface area (Å²) in [5.74, 6) is 0.792. The van der Waals surface area contributed by atoms with E-state index in [9.17, 15) is 0 Å². The second-order valence-corrected chi connectivity index (χ2v) is 15.9. The fraction of sp³-hybridized carbons (Fsp3) is 0.154. The van der Waals surface area contributed by atoms with E-state index < -0.39 is 0 Å². The highest BCUT2D eigenvalue weighted by Gasteiger charge is 2.44. The van der Waals surface area contributed by atoms with Crippen LogP contribution in [0.4, 0.5) is 11.4 Å². The van der Waals surface area contributed by atoms with E-state index in [0.29, 0.717) is 11.8 Å². The topological polar surface area (TPSA) is 8.17 Å². The van der Waals surface area contributed by atoms with Gasteiger partial charge in [0.1, 0.15) is 0 Å². The SMILES string of the molecule is CC1CC(c2ccc(N(C3=CC=C4c5ccccc5C(C)(C)C4C3)c3ccc(-c4ccccc4)cc3)cc2)=Cc2c1n(-c1ccccc1)c1ccccc21. The maximum Gasteiger partial charge on any atom is 0.0537 e. The van der Waals surface area contributed by atoms with Crippen molar-refractivity contribution in [2.24, 2.45) is 5.92 Å². The van der Waals surface area contributed by atoms with Crippen LogP contribution in [0, 0.1) is 5.92 Å². The van der Waals surface area contributed by atoms with Crippen molar-refractivity contribution in [3.8, 4) is 16.8 Å². The van der Waals surface area contributed by atoms with Crippen molar-refractivity contribution in [2.45, 2.75) is 44.9 Å². The summed E-state index contributed by atoms with van der Waals surface area (Å²) in [7, 11) is 0. The first-order valence-corrected chi connectivity index (χ1v) is 19.4. The lowest BCUT2D eigenvalue weighted by Gasteiger charge is -2.36. The number of nitrogens with zero attached hydrogens (tertiary/aromatic N) is 2. The minimum Gasteiger partial charge on any atom is -0.314 e. The molecule has 262 valence electrons. The number of aromatic nitrogens is 1. The van der Waals surface area contributed by atoms with Crippen LogP contribution in [0.2, 0.25) is 0 Å². The third kappa shape index (κ3) is 5.23. The summed E-state index contributed by atoms with van der Waals surface area (Å²) in [6.45, 7) is 7.24. The number of allylic oxidation sites excluding steroid dienone is 5. The first-order chi connectivity index (χ1) is 26.5. The molecule has 0 amide bonds. The van der Waals surface area contributed by atoms with Gasteiger partial charge in [-0.05, 0) is 118 Å². The number of benzene rings is 6. The van der Waals surface area contributed by atoms with Crippen molar-refractivity contribution < 1.29 is 0 Å². The van der Waals surface area contributed by atoms with Crippen molar-refractivity contribution in [3.63, 3.8) is 0 Å². The van der Waals surface area contributed by atoms with Crippen LogP contribution in [0.1, 0.15) is 67.5 Å². The molecule has 0 saturated heterocycles. The van der Waals surface area contributed by atoms with E-state index in [1.54, 1.807) is 0 Å². The first kappa shape index (κ1) is 32.5. The summed E-state index contributed by atoms with van der Waals surface area (Å²) < 4.78 is 2.48. The molecule has 1 heterocycles. The predicted octanol–water partition coefficient (Wildman–Crippen LogP) is 13.8. The van der Waals surface area contributed by atoms with Crippen molar-refractivity contribution >= 4 is 39.5 Å². The Morgan fingerprint density at radius 3 is 1.94 bits per heavy atom. The highest BCUT2D eigenvalue weighted by Crippen LogP contribution is 2.55. The lowest BCUT2D eigenvalue weighted by atomic mass is 9.74. The molecule has 2 heteroatoms. The number of hydrogen-bond donors (Lipinski definition) is 0. The zero-order valence-electron chi connectivity index (χ0n) is 31.2. The van der Waals surface area contributed by atoms with Gasteiger partial charge in [-0.25, -0.2) is 0 Å². The molecule has 54 heavy (non-hydrogen) atoms. The van der Waals surface area contributed by atoms with Gasteiger partial charge in [-0.3, -0.25) is 0 Å². The average Bonchev–Trinajstić information content (AvgIpc) is 3.68. The van der Waals surface area contributed by atoms with Crippen LogP contribution in [0.25, 0.3) is 44.9 Å². The Labute approximate surface area is 319 Å². The molecule has 2 atom stereocenters. The van der Waals surface area contributed by atoms with Crippen LogP contribution >= 0.6 is 0 Å². The smallest absolute Gasteiger partial charge is 0.0537 e. The highest BCUT2D eigenvalue weighted by atomic mass is 15.1. The van der Waals surface area contributed by atoms with Gasteiger partial charge in [0.05, 0.1) is 5.52 Å². The van der Waals surface area contributed by atoms with Gasteiger partial charge in [0.25, 0.3) is 0 Å². The third-order valence-electron chi connectivity index (χ3n) is 12.3. The summed E-state index contributed by atoms with van der Waals surface area (Å²) in [6.07, 6.45) is 9.21. The molecule has 0 bridgehead atoms. The predicted molar refractivity (Wildman–Crippen MR) is 228 cm³/mol. The van der Waals surface area contributed by atoms with Crippen LogP contribution in [0.5, 0.6) is 0 Å². The Kier molecular flexibility index (Phi) is 7.70. The number of para-hydroxylation sites is 2. The minimum absolute atomic E-state index is 0.0568. The van der Waals surface area contributed by atoms with Crippen LogP contribution in [0.15, 0.2) is 176 Å². The van der Waals surface area contributed by atoms with E-state index in [0.717, 1.165) is 12.8 Å². The molecule has 3 aliphatic rings. The van der Waals surface area contributed by atoms with Crippen molar-refractivity contribution in [1.29, 1.82) is 0 Å². The van der Waals surface area contributed by atoms with Crippen molar-refractivity contribution in [1.82, 2.24) is 4.57 Å². The van der Waals surface area contributed by atoms with Gasteiger partial charge in [0.15, 0.2) is 0 Å². The van der Waals surface area contributed by atoms with Gasteiger partial charge in [-0.2, -0.15) is 0 Å². The summed E-state index contributed by atoms with van der Waals surface area (Å²) in [5, 5.41) is 1.32. The molecule has 3 aliphatic carbocycles. The first-order valence-electron chi connectivity index (χ1n) is 19.4. The molecule has 0 fully saturated rings. The van der Waals surface area contributed by atoms with E-state index in [-0.39, 0.29) is 5.41 Å². The largest absolute Gasteiger partial charge is 0.314 e. The standard InChI is InChI=1S/C52H44N2/c1-35-32-39(33-47-46-19-11-13-21-50(46)54(51(35)47)40-16-8-5-9-17-40)38-24-28-42(29-25-38)53(41-26-22-37(23-27-41)36-14-6-4-7-15-36)43-30-31-45-44-18-10-12-20-48(44)52(2,3)49(45)34-43/h4-31,33,35,49H,32,34H2,1-3H3. The van der Waals surface area contributed by atoms with Crippen molar-refractivity contribution in [2.75, 3.05) is 4.90 Å². The summed E-state index contributed by atoms with van der Waals surface area (Å²) >= 11 is 0. The van der Waals surface area contributed by atoms with Gasteiger partial charge in [-0.1, -0.05) is 142 Å². The average molecular weight is 697 g/mol. The van der Waals surface area contributed by atoms with Gasteiger partial charge >= 0.3 is 0 Å². The Balaban J connectivity index is 1.04. The van der Waals surface area contributed by atoms with E-state index in [1.807, 2.05) is 0 Å². The third-order valence-corrected chi connectivity index (χ3v) is 12.3. The number of hydrogen-bond acceptors (Lipinski definition) is 1. The molecule has 0 aliphatic heterocycles. The molecule has 1 aromatic heterocycles. The summed E-state index contributed by atoms with van der Waals surface area (Å²) in [6, 6.07) is 57.9. The van der Waals surface area contributed by atoms with E-state index in [2.05, 4.69) is 206 Å². The number of fused-ring (bicyclic) bond motifs is 6. The van der Waals surface area contributed by atoms with Gasteiger partial charge in [0, 0.05) is 45.3 Å². The molecule has 0 spiro atoms. The maximum atomic E-state index is 2.49. The normalized spacial score (nSPS) is 18.2. The molecule has 0 radical (unpaired) electrons. The van der Waals surface area contributed by atoms with Gasteiger partial charge in [-0.15, -0.1) is 0 Å². The molecule has 10 rings (SSSR count). The molecular weight excluding hydrogens is 653 g/mol. The summed E-state index contributed by atoms with van der Waals surface area (Å²) in [4.78, 5) is 2.49. The van der Waals surface area contributed by atoms with Gasteiger partial charge in [0.2, 0.25) is 0 Å². The molecule has 2 unspecified atom stereocenters. The van der Waals surface area contributed by atoms with Crippen LogP contribution in [-0.4, -0.2) is 4.57 Å². The monoisotopic (exact) mass is 696 g/mol. The van der Waals surface area contributed by atoms with Crippen LogP contribution in [-0.2, 0) is 5.41 Å². The highest BCUT2D eigenvalue weighted by molar-refractivity contribution is 5.99. The number of anilines is 2.